The second kappa shape index (κ2) is 8.81. The van der Waals surface area contributed by atoms with Crippen molar-refractivity contribution in [1.29, 1.82) is 0 Å². The molecule has 1 atom stereocenters. The topological polar surface area (TPSA) is 167 Å². The van der Waals surface area contributed by atoms with Crippen molar-refractivity contribution in [1.82, 2.24) is 10.2 Å². The van der Waals surface area contributed by atoms with Crippen molar-refractivity contribution in [3.63, 3.8) is 0 Å². The van der Waals surface area contributed by atoms with E-state index in [0.717, 1.165) is 4.90 Å². The van der Waals surface area contributed by atoms with Gasteiger partial charge in [-0.05, 0) is 18.6 Å². The molecule has 1 aromatic carbocycles. The number of alkyl halides is 3. The van der Waals surface area contributed by atoms with Gasteiger partial charge in [-0.3, -0.25) is 29.4 Å². The fourth-order valence-electron chi connectivity index (χ4n) is 2.74. The Morgan fingerprint density at radius 1 is 1.13 bits per heavy atom. The standard InChI is InChI=1S/C15H12N2O7.C2HF3O2/c18-10-5-4-8(13(21)16-10)17-14(22)7-2-1-3-9(12(7)15(17)23)24-6-11(19)20;3-2(4,5)1(6)7/h1-3,8H,4-6H2,(H,19,20)(H,16,18,21);(H,6,7). The summed E-state index contributed by atoms with van der Waals surface area (Å²) in [6, 6.07) is 3.15. The van der Waals surface area contributed by atoms with Gasteiger partial charge in [0.15, 0.2) is 6.61 Å². The third-order valence-electron chi connectivity index (χ3n) is 4.02. The molecule has 0 aromatic heterocycles. The van der Waals surface area contributed by atoms with Gasteiger partial charge in [0, 0.05) is 6.42 Å². The molecule has 1 unspecified atom stereocenters. The molecule has 0 saturated carbocycles. The average molecular weight is 446 g/mol. The molecule has 2 aliphatic heterocycles. The number of carboxylic acid groups (broad SMARTS) is 2. The molecule has 1 fully saturated rings. The number of nitrogens with zero attached hydrogens (tertiary/aromatic N) is 1. The first-order valence-electron chi connectivity index (χ1n) is 8.34. The normalized spacial score (nSPS) is 18.0. The fraction of sp³-hybridized carbons (Fsp3) is 0.294. The molecule has 0 bridgehead atoms. The lowest BCUT2D eigenvalue weighted by Crippen LogP contribution is -2.54. The lowest BCUT2D eigenvalue weighted by molar-refractivity contribution is -0.192. The van der Waals surface area contributed by atoms with E-state index in [9.17, 15) is 37.1 Å². The van der Waals surface area contributed by atoms with Crippen molar-refractivity contribution in [2.24, 2.45) is 0 Å². The van der Waals surface area contributed by atoms with Crippen LogP contribution in [0.4, 0.5) is 13.2 Å². The van der Waals surface area contributed by atoms with E-state index in [1.807, 2.05) is 0 Å². The molecule has 3 rings (SSSR count). The number of halogens is 3. The van der Waals surface area contributed by atoms with Crippen LogP contribution in [0, 0.1) is 0 Å². The number of rotatable bonds is 4. The van der Waals surface area contributed by atoms with Gasteiger partial charge in [0.05, 0.1) is 11.1 Å². The van der Waals surface area contributed by atoms with Gasteiger partial charge in [0.2, 0.25) is 11.8 Å². The Balaban J connectivity index is 0.000000423. The molecule has 2 heterocycles. The Hall–Kier alpha value is -3.97. The van der Waals surface area contributed by atoms with E-state index in [-0.39, 0.29) is 29.7 Å². The Morgan fingerprint density at radius 2 is 1.74 bits per heavy atom. The first kappa shape index (κ1) is 23.3. The van der Waals surface area contributed by atoms with Gasteiger partial charge in [0.1, 0.15) is 11.8 Å². The van der Waals surface area contributed by atoms with Crippen LogP contribution in [-0.2, 0) is 19.2 Å². The van der Waals surface area contributed by atoms with Crippen molar-refractivity contribution >= 4 is 35.6 Å². The van der Waals surface area contributed by atoms with Crippen LogP contribution in [0.15, 0.2) is 18.2 Å². The van der Waals surface area contributed by atoms with Gasteiger partial charge in [0.25, 0.3) is 11.8 Å². The van der Waals surface area contributed by atoms with Crippen molar-refractivity contribution in [2.75, 3.05) is 6.61 Å². The van der Waals surface area contributed by atoms with Crippen LogP contribution in [-0.4, -0.2) is 69.5 Å². The van der Waals surface area contributed by atoms with Crippen LogP contribution in [0.25, 0.3) is 0 Å². The minimum atomic E-state index is -5.08. The van der Waals surface area contributed by atoms with Gasteiger partial charge in [-0.1, -0.05) is 6.07 Å². The quantitative estimate of drug-likeness (QED) is 0.547. The Bertz CT molecular complexity index is 974. The number of carboxylic acids is 2. The minimum absolute atomic E-state index is 0.0200. The zero-order chi connectivity index (χ0) is 23.5. The maximum atomic E-state index is 12.6. The molecule has 31 heavy (non-hydrogen) atoms. The van der Waals surface area contributed by atoms with Crippen molar-refractivity contribution < 1.29 is 56.9 Å². The van der Waals surface area contributed by atoms with Gasteiger partial charge >= 0.3 is 18.1 Å². The number of fused-ring (bicyclic) bond motifs is 1. The van der Waals surface area contributed by atoms with Crippen molar-refractivity contribution in [2.45, 2.75) is 25.1 Å². The summed E-state index contributed by atoms with van der Waals surface area (Å²) in [4.78, 5) is 68.6. The Labute approximate surface area is 170 Å². The van der Waals surface area contributed by atoms with Crippen LogP contribution in [0.3, 0.4) is 0 Å². The van der Waals surface area contributed by atoms with Crippen LogP contribution in [0.5, 0.6) is 5.75 Å². The first-order chi connectivity index (χ1) is 14.3. The number of piperidine rings is 1. The van der Waals surface area contributed by atoms with Gasteiger partial charge in [-0.15, -0.1) is 0 Å². The number of aliphatic carboxylic acids is 2. The summed E-state index contributed by atoms with van der Waals surface area (Å²) in [7, 11) is 0. The number of benzene rings is 1. The molecule has 0 spiro atoms. The highest BCUT2D eigenvalue weighted by Crippen LogP contribution is 2.33. The number of ether oxygens (including phenoxy) is 1. The van der Waals surface area contributed by atoms with Crippen molar-refractivity contribution in [3.05, 3.63) is 29.3 Å². The summed E-state index contributed by atoms with van der Waals surface area (Å²) < 4.78 is 36.8. The second-order valence-corrected chi connectivity index (χ2v) is 6.11. The smallest absolute Gasteiger partial charge is 0.481 e. The van der Waals surface area contributed by atoms with Gasteiger partial charge in [-0.2, -0.15) is 13.2 Å². The lowest BCUT2D eigenvalue weighted by Gasteiger charge is -2.27. The van der Waals surface area contributed by atoms with Gasteiger partial charge in [-0.25, -0.2) is 9.59 Å². The number of amides is 4. The van der Waals surface area contributed by atoms with E-state index < -0.39 is 54.4 Å². The molecule has 11 nitrogen and oxygen atoms in total. The molecular weight excluding hydrogens is 433 g/mol. The van der Waals surface area contributed by atoms with E-state index in [2.05, 4.69) is 5.32 Å². The lowest BCUT2D eigenvalue weighted by atomic mass is 10.0. The summed E-state index contributed by atoms with van der Waals surface area (Å²) in [5, 5.41) is 17.9. The SMILES string of the molecule is O=C(O)C(F)(F)F.O=C(O)COc1cccc2c1C(=O)N(C1CCC(=O)NC1=O)C2=O. The number of hydrogen-bond donors (Lipinski definition) is 3. The van der Waals surface area contributed by atoms with Gasteiger partial charge < -0.3 is 14.9 Å². The van der Waals surface area contributed by atoms with Crippen LogP contribution in [0.1, 0.15) is 33.6 Å². The molecule has 1 aromatic rings. The molecule has 166 valence electrons. The van der Waals surface area contributed by atoms with E-state index in [1.54, 1.807) is 0 Å². The molecular formula is C17H13F3N2O9. The average Bonchev–Trinajstić information content (AvgIpc) is 2.91. The number of imide groups is 2. The summed E-state index contributed by atoms with van der Waals surface area (Å²) in [6.45, 7) is -0.670. The first-order valence-corrected chi connectivity index (χ1v) is 8.34. The summed E-state index contributed by atoms with van der Waals surface area (Å²) in [6.07, 6.45) is -5.02. The Kier molecular flexibility index (Phi) is 6.62. The number of carbonyl (C=O) groups is 6. The summed E-state index contributed by atoms with van der Waals surface area (Å²) in [5.41, 5.74) is -0.0407. The molecule has 2 aliphatic rings. The molecule has 3 N–H and O–H groups in total. The number of nitrogens with one attached hydrogen (secondary N) is 1. The minimum Gasteiger partial charge on any atom is -0.481 e. The van der Waals surface area contributed by atoms with Crippen LogP contribution in [0.2, 0.25) is 0 Å². The zero-order valence-corrected chi connectivity index (χ0v) is 15.3. The highest BCUT2D eigenvalue weighted by atomic mass is 19.4. The maximum absolute atomic E-state index is 12.6. The highest BCUT2D eigenvalue weighted by molar-refractivity contribution is 6.24. The predicted octanol–water partition coefficient (Wildman–Crippen LogP) is 0.185. The third-order valence-corrected chi connectivity index (χ3v) is 4.02. The summed E-state index contributed by atoms with van der Waals surface area (Å²) in [5.74, 6) is -6.62. The molecule has 0 radical (unpaired) electrons. The largest absolute Gasteiger partial charge is 0.490 e. The zero-order valence-electron chi connectivity index (χ0n) is 15.3. The van der Waals surface area contributed by atoms with E-state index >= 15 is 0 Å². The Morgan fingerprint density at radius 3 is 2.26 bits per heavy atom. The predicted molar refractivity (Wildman–Crippen MR) is 89.9 cm³/mol. The fourth-order valence-corrected chi connectivity index (χ4v) is 2.74. The van der Waals surface area contributed by atoms with Crippen LogP contribution < -0.4 is 10.1 Å². The van der Waals surface area contributed by atoms with E-state index in [0.29, 0.717) is 0 Å². The molecule has 0 aliphatic carbocycles. The summed E-state index contributed by atoms with van der Waals surface area (Å²) >= 11 is 0. The molecule has 4 amide bonds. The van der Waals surface area contributed by atoms with E-state index in [4.69, 9.17) is 19.7 Å². The maximum Gasteiger partial charge on any atom is 0.490 e. The molecule has 14 heteroatoms. The monoisotopic (exact) mass is 446 g/mol. The van der Waals surface area contributed by atoms with Crippen LogP contribution >= 0.6 is 0 Å². The second-order valence-electron chi connectivity index (χ2n) is 6.11. The highest BCUT2D eigenvalue weighted by Gasteiger charge is 2.46. The van der Waals surface area contributed by atoms with E-state index in [1.165, 1.54) is 18.2 Å². The number of hydrogen-bond acceptors (Lipinski definition) is 7. The third kappa shape index (κ3) is 5.15. The van der Waals surface area contributed by atoms with Crippen molar-refractivity contribution in [3.8, 4) is 5.75 Å². The number of carbonyl (C=O) groups excluding carboxylic acids is 4. The molecule has 1 saturated heterocycles.